The largest absolute Gasteiger partial charge is 0.493 e. The number of methoxy groups -OCH3 is 1. The molecule has 0 N–H and O–H groups in total. The van der Waals surface area contributed by atoms with Gasteiger partial charge in [-0.05, 0) is 19.2 Å². The first kappa shape index (κ1) is 11.2. The standard InChI is InChI=1S/C10H13FO2S/c1-4-13-10-8(12-2)5-7(11)6-9(10)14-3/h5-6H,4H2,1-3H3. The van der Waals surface area contributed by atoms with Crippen LogP contribution >= 0.6 is 11.8 Å². The van der Waals surface area contributed by atoms with Crippen molar-refractivity contribution in [1.82, 2.24) is 0 Å². The van der Waals surface area contributed by atoms with E-state index in [1.807, 2.05) is 13.2 Å². The smallest absolute Gasteiger partial charge is 0.174 e. The molecule has 4 heteroatoms. The average Bonchev–Trinajstić information content (AvgIpc) is 2.20. The van der Waals surface area contributed by atoms with Gasteiger partial charge in [-0.2, -0.15) is 0 Å². The van der Waals surface area contributed by atoms with E-state index in [0.29, 0.717) is 18.1 Å². The molecule has 0 amide bonds. The molecule has 0 fully saturated rings. The Balaban J connectivity index is 3.18. The Morgan fingerprint density at radius 2 is 2.14 bits per heavy atom. The predicted molar refractivity (Wildman–Crippen MR) is 55.9 cm³/mol. The zero-order valence-electron chi connectivity index (χ0n) is 8.46. The summed E-state index contributed by atoms with van der Waals surface area (Å²) in [5.74, 6) is 0.745. The second-order valence-electron chi connectivity index (χ2n) is 2.57. The van der Waals surface area contributed by atoms with Crippen LogP contribution in [0, 0.1) is 5.82 Å². The van der Waals surface area contributed by atoms with Crippen molar-refractivity contribution >= 4 is 11.8 Å². The highest BCUT2D eigenvalue weighted by molar-refractivity contribution is 7.98. The van der Waals surface area contributed by atoms with E-state index in [2.05, 4.69) is 0 Å². The third-order valence-corrected chi connectivity index (χ3v) is 2.46. The van der Waals surface area contributed by atoms with E-state index in [1.165, 1.54) is 31.0 Å². The first-order valence-corrected chi connectivity index (χ1v) is 5.49. The van der Waals surface area contributed by atoms with Crippen molar-refractivity contribution in [3.8, 4) is 11.5 Å². The molecule has 0 radical (unpaired) electrons. The van der Waals surface area contributed by atoms with Gasteiger partial charge in [-0.3, -0.25) is 0 Å². The van der Waals surface area contributed by atoms with Crippen LogP contribution in [0.15, 0.2) is 17.0 Å². The van der Waals surface area contributed by atoms with Crippen LogP contribution in [-0.4, -0.2) is 20.0 Å². The van der Waals surface area contributed by atoms with Gasteiger partial charge in [0.2, 0.25) is 0 Å². The predicted octanol–water partition coefficient (Wildman–Crippen LogP) is 2.95. The van der Waals surface area contributed by atoms with E-state index in [-0.39, 0.29) is 5.82 Å². The molecule has 14 heavy (non-hydrogen) atoms. The van der Waals surface area contributed by atoms with Gasteiger partial charge in [0.25, 0.3) is 0 Å². The van der Waals surface area contributed by atoms with E-state index < -0.39 is 0 Å². The lowest BCUT2D eigenvalue weighted by molar-refractivity contribution is 0.302. The van der Waals surface area contributed by atoms with Crippen LogP contribution in [0.25, 0.3) is 0 Å². The summed E-state index contributed by atoms with van der Waals surface area (Å²) in [5.41, 5.74) is 0. The van der Waals surface area contributed by atoms with Crippen molar-refractivity contribution < 1.29 is 13.9 Å². The SMILES string of the molecule is CCOc1c(OC)cc(F)cc1SC. The molecule has 0 heterocycles. The zero-order valence-corrected chi connectivity index (χ0v) is 9.28. The summed E-state index contributed by atoms with van der Waals surface area (Å²) in [4.78, 5) is 0.753. The van der Waals surface area contributed by atoms with Crippen LogP contribution in [0.3, 0.4) is 0 Å². The van der Waals surface area contributed by atoms with Crippen LogP contribution in [0.5, 0.6) is 11.5 Å². The Labute approximate surface area is 87.4 Å². The maximum atomic E-state index is 13.1. The second-order valence-corrected chi connectivity index (χ2v) is 3.42. The summed E-state index contributed by atoms with van der Waals surface area (Å²) >= 11 is 1.43. The average molecular weight is 216 g/mol. The van der Waals surface area contributed by atoms with Crippen LogP contribution in [0.2, 0.25) is 0 Å². The Morgan fingerprint density at radius 1 is 1.43 bits per heavy atom. The van der Waals surface area contributed by atoms with Crippen molar-refractivity contribution in [2.45, 2.75) is 11.8 Å². The molecule has 0 aromatic heterocycles. The Hall–Kier alpha value is -0.900. The highest BCUT2D eigenvalue weighted by Gasteiger charge is 2.12. The summed E-state index contributed by atoms with van der Waals surface area (Å²) in [6.07, 6.45) is 1.87. The van der Waals surface area contributed by atoms with Gasteiger partial charge >= 0.3 is 0 Å². The number of benzene rings is 1. The summed E-state index contributed by atoms with van der Waals surface area (Å²) in [7, 11) is 1.50. The normalized spacial score (nSPS) is 10.0. The first-order chi connectivity index (χ1) is 6.72. The monoisotopic (exact) mass is 216 g/mol. The summed E-state index contributed by atoms with van der Waals surface area (Å²) < 4.78 is 23.5. The Bertz CT molecular complexity index is 290. The van der Waals surface area contributed by atoms with Gasteiger partial charge in [-0.1, -0.05) is 0 Å². The molecule has 0 aliphatic rings. The van der Waals surface area contributed by atoms with Gasteiger partial charge in [-0.25, -0.2) is 4.39 Å². The molecule has 78 valence electrons. The molecule has 0 unspecified atom stereocenters. The van der Waals surface area contributed by atoms with E-state index in [1.54, 1.807) is 0 Å². The summed E-state index contributed by atoms with van der Waals surface area (Å²) in [6, 6.07) is 2.77. The van der Waals surface area contributed by atoms with Gasteiger partial charge in [0.05, 0.1) is 18.6 Å². The molecular weight excluding hydrogens is 203 g/mol. The van der Waals surface area contributed by atoms with Gasteiger partial charge < -0.3 is 9.47 Å². The van der Waals surface area contributed by atoms with Crippen molar-refractivity contribution in [1.29, 1.82) is 0 Å². The van der Waals surface area contributed by atoms with E-state index in [9.17, 15) is 4.39 Å². The van der Waals surface area contributed by atoms with Gasteiger partial charge in [0, 0.05) is 6.07 Å². The fraction of sp³-hybridized carbons (Fsp3) is 0.400. The van der Waals surface area contributed by atoms with Crippen molar-refractivity contribution in [3.05, 3.63) is 17.9 Å². The second kappa shape index (κ2) is 5.10. The third kappa shape index (κ3) is 2.32. The van der Waals surface area contributed by atoms with Crippen molar-refractivity contribution in [2.75, 3.05) is 20.0 Å². The lowest BCUT2D eigenvalue weighted by Crippen LogP contribution is -1.97. The topological polar surface area (TPSA) is 18.5 Å². The van der Waals surface area contributed by atoms with Gasteiger partial charge in [-0.15, -0.1) is 11.8 Å². The quantitative estimate of drug-likeness (QED) is 0.721. The number of hydrogen-bond donors (Lipinski definition) is 0. The van der Waals surface area contributed by atoms with Crippen LogP contribution < -0.4 is 9.47 Å². The first-order valence-electron chi connectivity index (χ1n) is 4.27. The Morgan fingerprint density at radius 3 is 2.64 bits per heavy atom. The lowest BCUT2D eigenvalue weighted by atomic mass is 10.3. The number of ether oxygens (including phenoxy) is 2. The number of hydrogen-bond acceptors (Lipinski definition) is 3. The van der Waals surface area contributed by atoms with Crippen LogP contribution in [0.4, 0.5) is 4.39 Å². The maximum Gasteiger partial charge on any atom is 0.174 e. The molecule has 0 aliphatic heterocycles. The fourth-order valence-corrected chi connectivity index (χ4v) is 1.71. The molecule has 1 rings (SSSR count). The minimum Gasteiger partial charge on any atom is -0.493 e. The van der Waals surface area contributed by atoms with E-state index in [0.717, 1.165) is 4.90 Å². The molecule has 1 aromatic carbocycles. The summed E-state index contributed by atoms with van der Waals surface area (Å²) in [6.45, 7) is 2.42. The van der Waals surface area contributed by atoms with Crippen LogP contribution in [-0.2, 0) is 0 Å². The van der Waals surface area contributed by atoms with Gasteiger partial charge in [0.15, 0.2) is 11.5 Å². The molecule has 0 saturated carbocycles. The molecule has 0 aliphatic carbocycles. The Kier molecular flexibility index (Phi) is 4.07. The van der Waals surface area contributed by atoms with Crippen LogP contribution in [0.1, 0.15) is 6.92 Å². The molecule has 0 spiro atoms. The number of thioether (sulfide) groups is 1. The van der Waals surface area contributed by atoms with E-state index >= 15 is 0 Å². The third-order valence-electron chi connectivity index (χ3n) is 1.71. The fourth-order valence-electron chi connectivity index (χ4n) is 1.13. The minimum absolute atomic E-state index is 0.311. The number of rotatable bonds is 4. The van der Waals surface area contributed by atoms with Crippen molar-refractivity contribution in [2.24, 2.45) is 0 Å². The highest BCUT2D eigenvalue weighted by Crippen LogP contribution is 2.37. The molecule has 0 atom stereocenters. The lowest BCUT2D eigenvalue weighted by Gasteiger charge is -2.12. The molecule has 1 aromatic rings. The molecule has 2 nitrogen and oxygen atoms in total. The maximum absolute atomic E-state index is 13.1. The minimum atomic E-state index is -0.311. The van der Waals surface area contributed by atoms with E-state index in [4.69, 9.17) is 9.47 Å². The highest BCUT2D eigenvalue weighted by atomic mass is 32.2. The van der Waals surface area contributed by atoms with Gasteiger partial charge in [0.1, 0.15) is 5.82 Å². The number of halogens is 1. The zero-order chi connectivity index (χ0) is 10.6. The molecular formula is C10H13FO2S. The molecule has 0 saturated heterocycles. The summed E-state index contributed by atoms with van der Waals surface area (Å²) in [5, 5.41) is 0. The van der Waals surface area contributed by atoms with Crippen molar-refractivity contribution in [3.63, 3.8) is 0 Å². The molecule has 0 bridgehead atoms.